The van der Waals surface area contributed by atoms with Crippen LogP contribution < -0.4 is 4.74 Å². The second kappa shape index (κ2) is 6.82. The molecule has 2 aromatic rings. The summed E-state index contributed by atoms with van der Waals surface area (Å²) in [7, 11) is 0. The molecule has 2 atom stereocenters. The minimum Gasteiger partial charge on any atom is -0.435 e. The van der Waals surface area contributed by atoms with Gasteiger partial charge in [-0.25, -0.2) is 4.98 Å². The molecule has 0 bridgehead atoms. The van der Waals surface area contributed by atoms with E-state index in [0.717, 1.165) is 17.5 Å². The highest BCUT2D eigenvalue weighted by atomic mass is 19.3. The fourth-order valence-corrected chi connectivity index (χ4v) is 2.87. The number of halogens is 2. The second-order valence-corrected chi connectivity index (χ2v) is 5.68. The monoisotopic (exact) mass is 339 g/mol. The molecule has 0 saturated carbocycles. The van der Waals surface area contributed by atoms with Gasteiger partial charge < -0.3 is 14.2 Å². The summed E-state index contributed by atoms with van der Waals surface area (Å²) in [5.74, 6) is -0.293. The topological polar surface area (TPSA) is 69.3 Å². The number of ether oxygens (including phenoxy) is 3. The Balaban J connectivity index is 1.94. The molecule has 1 N–H and O–H groups in total. The van der Waals surface area contributed by atoms with Gasteiger partial charge in [-0.05, 0) is 37.1 Å². The number of hydrogen-bond acceptors (Lipinski definition) is 5. The van der Waals surface area contributed by atoms with E-state index < -0.39 is 12.4 Å². The van der Waals surface area contributed by atoms with Gasteiger partial charge in [-0.3, -0.25) is 5.10 Å². The molecule has 1 saturated heterocycles. The number of rotatable bonds is 6. The van der Waals surface area contributed by atoms with Crippen LogP contribution in [0.25, 0.3) is 0 Å². The quantitative estimate of drug-likeness (QED) is 0.876. The van der Waals surface area contributed by atoms with Crippen LogP contribution in [0.5, 0.6) is 5.75 Å². The number of hydrogen-bond donors (Lipinski definition) is 1. The lowest BCUT2D eigenvalue weighted by molar-refractivity contribution is -0.177. The third-order valence-electron chi connectivity index (χ3n) is 4.01. The van der Waals surface area contributed by atoms with Crippen LogP contribution >= 0.6 is 0 Å². The molecule has 0 radical (unpaired) electrons. The first-order valence-corrected chi connectivity index (χ1v) is 7.74. The van der Waals surface area contributed by atoms with E-state index in [1.54, 1.807) is 12.1 Å². The molecule has 1 aromatic heterocycles. The van der Waals surface area contributed by atoms with E-state index >= 15 is 0 Å². The lowest BCUT2D eigenvalue weighted by Crippen LogP contribution is -2.32. The largest absolute Gasteiger partial charge is 0.435 e. The number of aryl methyl sites for hydroxylation is 1. The van der Waals surface area contributed by atoms with E-state index in [-0.39, 0.29) is 11.9 Å². The minimum absolute atomic E-state index is 0.0377. The molecular weight excluding hydrogens is 320 g/mol. The zero-order valence-electron chi connectivity index (χ0n) is 13.5. The average Bonchev–Trinajstić information content (AvgIpc) is 3.17. The second-order valence-electron chi connectivity index (χ2n) is 5.68. The van der Waals surface area contributed by atoms with Crippen molar-refractivity contribution in [2.24, 2.45) is 0 Å². The molecule has 8 heteroatoms. The van der Waals surface area contributed by atoms with Gasteiger partial charge in [-0.2, -0.15) is 13.9 Å². The van der Waals surface area contributed by atoms with Crippen molar-refractivity contribution < 1.29 is 23.0 Å². The predicted molar refractivity (Wildman–Crippen MR) is 80.7 cm³/mol. The fourth-order valence-electron chi connectivity index (χ4n) is 2.87. The fraction of sp³-hybridized carbons (Fsp3) is 0.500. The SMILES string of the molecule is CCC1COC(Cc2ncn[nH]2)(c2ccc(OC(F)F)cc2C)O1. The molecule has 1 aliphatic rings. The third-order valence-corrected chi connectivity index (χ3v) is 4.01. The smallest absolute Gasteiger partial charge is 0.387 e. The van der Waals surface area contributed by atoms with Gasteiger partial charge in [-0.15, -0.1) is 0 Å². The van der Waals surface area contributed by atoms with Crippen molar-refractivity contribution >= 4 is 0 Å². The van der Waals surface area contributed by atoms with E-state index in [1.807, 2.05) is 13.8 Å². The van der Waals surface area contributed by atoms with Crippen LogP contribution in [-0.2, 0) is 21.7 Å². The van der Waals surface area contributed by atoms with Gasteiger partial charge in [0.05, 0.1) is 19.1 Å². The first-order chi connectivity index (χ1) is 11.5. The van der Waals surface area contributed by atoms with Crippen molar-refractivity contribution in [2.45, 2.75) is 45.2 Å². The molecule has 130 valence electrons. The average molecular weight is 339 g/mol. The highest BCUT2D eigenvalue weighted by Gasteiger charge is 2.44. The van der Waals surface area contributed by atoms with Crippen LogP contribution in [0, 0.1) is 6.92 Å². The first-order valence-electron chi connectivity index (χ1n) is 7.74. The highest BCUT2D eigenvalue weighted by Crippen LogP contribution is 2.40. The molecule has 1 fully saturated rings. The summed E-state index contributed by atoms with van der Waals surface area (Å²) in [6.07, 6.45) is 2.54. The number of nitrogens with zero attached hydrogens (tertiary/aromatic N) is 2. The van der Waals surface area contributed by atoms with Gasteiger partial charge in [0.25, 0.3) is 0 Å². The summed E-state index contributed by atoms with van der Waals surface area (Å²) in [5.41, 5.74) is 1.50. The van der Waals surface area contributed by atoms with Crippen LogP contribution in [0.2, 0.25) is 0 Å². The minimum atomic E-state index is -2.86. The van der Waals surface area contributed by atoms with E-state index in [1.165, 1.54) is 12.4 Å². The number of H-pyrrole nitrogens is 1. The predicted octanol–water partition coefficient (Wildman–Crippen LogP) is 2.94. The Labute approximate surface area is 138 Å². The number of aromatic nitrogens is 3. The maximum atomic E-state index is 12.4. The summed E-state index contributed by atoms with van der Waals surface area (Å²) in [6.45, 7) is 1.42. The van der Waals surface area contributed by atoms with Crippen molar-refractivity contribution in [1.29, 1.82) is 0 Å². The lowest BCUT2D eigenvalue weighted by atomic mass is 9.96. The Morgan fingerprint density at radius 2 is 2.29 bits per heavy atom. The molecule has 2 unspecified atom stereocenters. The van der Waals surface area contributed by atoms with Gasteiger partial charge in [0.15, 0.2) is 0 Å². The van der Waals surface area contributed by atoms with Crippen LogP contribution in [0.4, 0.5) is 8.78 Å². The Kier molecular flexibility index (Phi) is 4.77. The molecule has 0 aliphatic carbocycles. The van der Waals surface area contributed by atoms with Crippen molar-refractivity contribution in [3.63, 3.8) is 0 Å². The van der Waals surface area contributed by atoms with Gasteiger partial charge >= 0.3 is 6.61 Å². The van der Waals surface area contributed by atoms with E-state index in [2.05, 4.69) is 19.9 Å². The molecule has 3 rings (SSSR count). The standard InChI is InChI=1S/C16H19F2N3O3/c1-3-11-8-22-16(24-11,7-14-19-9-20-21-14)13-5-4-12(6-10(13)2)23-15(17)18/h4-6,9,11,15H,3,7-8H2,1-2H3,(H,19,20,21). The van der Waals surface area contributed by atoms with E-state index in [9.17, 15) is 8.78 Å². The Hall–Kier alpha value is -2.06. The Bertz CT molecular complexity index is 681. The molecular formula is C16H19F2N3O3. The van der Waals surface area contributed by atoms with Crippen LogP contribution in [0.1, 0.15) is 30.3 Å². The van der Waals surface area contributed by atoms with Crippen molar-refractivity contribution in [1.82, 2.24) is 15.2 Å². The van der Waals surface area contributed by atoms with Gasteiger partial charge in [0, 0.05) is 5.56 Å². The molecule has 24 heavy (non-hydrogen) atoms. The Morgan fingerprint density at radius 1 is 1.46 bits per heavy atom. The molecule has 0 amide bonds. The Morgan fingerprint density at radius 3 is 2.88 bits per heavy atom. The zero-order chi connectivity index (χ0) is 17.2. The van der Waals surface area contributed by atoms with Gasteiger partial charge in [-0.1, -0.05) is 6.92 Å². The molecule has 6 nitrogen and oxygen atoms in total. The molecule has 0 spiro atoms. The third kappa shape index (κ3) is 3.39. The van der Waals surface area contributed by atoms with E-state index in [4.69, 9.17) is 9.47 Å². The number of alkyl halides is 2. The number of nitrogens with one attached hydrogen (secondary N) is 1. The molecule has 1 aliphatic heterocycles. The van der Waals surface area contributed by atoms with Gasteiger partial charge in [0.1, 0.15) is 17.9 Å². The maximum absolute atomic E-state index is 12.4. The normalized spacial score (nSPS) is 23.8. The van der Waals surface area contributed by atoms with Gasteiger partial charge in [0.2, 0.25) is 5.79 Å². The van der Waals surface area contributed by atoms with Crippen molar-refractivity contribution in [2.75, 3.05) is 6.61 Å². The lowest BCUT2D eigenvalue weighted by Gasteiger charge is -2.29. The summed E-state index contributed by atoms with van der Waals surface area (Å²) in [4.78, 5) is 4.14. The summed E-state index contributed by atoms with van der Waals surface area (Å²) >= 11 is 0. The van der Waals surface area contributed by atoms with E-state index in [0.29, 0.717) is 18.9 Å². The maximum Gasteiger partial charge on any atom is 0.387 e. The molecule has 2 heterocycles. The van der Waals surface area contributed by atoms with Crippen LogP contribution in [0.3, 0.4) is 0 Å². The van der Waals surface area contributed by atoms with Crippen LogP contribution in [-0.4, -0.2) is 34.5 Å². The highest BCUT2D eigenvalue weighted by molar-refractivity contribution is 5.38. The summed E-state index contributed by atoms with van der Waals surface area (Å²) in [5, 5.41) is 6.65. The van der Waals surface area contributed by atoms with Crippen LogP contribution in [0.15, 0.2) is 24.5 Å². The zero-order valence-corrected chi connectivity index (χ0v) is 13.5. The van der Waals surface area contributed by atoms with Crippen molar-refractivity contribution in [3.8, 4) is 5.75 Å². The molecule has 1 aromatic carbocycles. The number of benzene rings is 1. The first kappa shape index (κ1) is 16.8. The van der Waals surface area contributed by atoms with Crippen molar-refractivity contribution in [3.05, 3.63) is 41.5 Å². The summed E-state index contributed by atoms with van der Waals surface area (Å²) in [6, 6.07) is 4.74. The number of aromatic amines is 1. The summed E-state index contributed by atoms with van der Waals surface area (Å²) < 4.78 is 41.4.